The van der Waals surface area contributed by atoms with E-state index in [1.165, 1.54) is 11.8 Å². The summed E-state index contributed by atoms with van der Waals surface area (Å²) >= 11 is 7.41. The van der Waals surface area contributed by atoms with Crippen molar-refractivity contribution in [3.05, 3.63) is 82.9 Å². The Morgan fingerprint density at radius 3 is 2.32 bits per heavy atom. The number of nitrogens with one attached hydrogen (secondary N) is 1. The minimum absolute atomic E-state index is 0.100. The van der Waals surface area contributed by atoms with Crippen molar-refractivity contribution in [3.63, 3.8) is 0 Å². The lowest BCUT2D eigenvalue weighted by atomic mass is 10.1. The van der Waals surface area contributed by atoms with Crippen LogP contribution in [-0.2, 0) is 4.79 Å². The van der Waals surface area contributed by atoms with E-state index in [-0.39, 0.29) is 11.7 Å². The smallest absolute Gasteiger partial charge is 0.234 e. The van der Waals surface area contributed by atoms with Crippen molar-refractivity contribution in [2.75, 3.05) is 17.7 Å². The van der Waals surface area contributed by atoms with E-state index >= 15 is 0 Å². The molecule has 0 bridgehead atoms. The van der Waals surface area contributed by atoms with Gasteiger partial charge in [0.25, 0.3) is 0 Å². The molecule has 1 heterocycles. The molecule has 0 aliphatic carbocycles. The third-order valence-electron chi connectivity index (χ3n) is 5.22. The first-order valence-electron chi connectivity index (χ1n) is 10.9. The number of hydrogen-bond donors (Lipinski definition) is 1. The first-order valence-corrected chi connectivity index (χ1v) is 12.3. The van der Waals surface area contributed by atoms with E-state index in [0.29, 0.717) is 22.6 Å². The molecule has 0 saturated carbocycles. The highest BCUT2D eigenvalue weighted by molar-refractivity contribution is 7.99. The molecular formula is C26H25ClN4O2S. The summed E-state index contributed by atoms with van der Waals surface area (Å²) in [6.07, 6.45) is 0. The maximum absolute atomic E-state index is 12.7. The number of para-hydroxylation sites is 1. The van der Waals surface area contributed by atoms with Gasteiger partial charge in [-0.25, -0.2) is 0 Å². The molecule has 0 fully saturated rings. The molecule has 4 aromatic rings. The molecule has 6 nitrogen and oxygen atoms in total. The molecule has 34 heavy (non-hydrogen) atoms. The number of carbonyl (C=O) groups excluding carboxylic acids is 1. The molecular weight excluding hydrogens is 468 g/mol. The van der Waals surface area contributed by atoms with Crippen LogP contribution in [0.1, 0.15) is 18.1 Å². The molecule has 0 unspecified atom stereocenters. The molecule has 1 N–H and O–H groups in total. The SMILES string of the molecule is CCOc1ccc(-n2c(SCC(=O)Nc3c(C)cccc3C)nnc2-c2ccc(Cl)cc2)cc1. The number of amides is 1. The van der Waals surface area contributed by atoms with Crippen LogP contribution in [0.3, 0.4) is 0 Å². The van der Waals surface area contributed by atoms with Gasteiger partial charge in [0, 0.05) is 22.0 Å². The lowest BCUT2D eigenvalue weighted by Crippen LogP contribution is -2.16. The van der Waals surface area contributed by atoms with Gasteiger partial charge in [-0.15, -0.1) is 10.2 Å². The van der Waals surface area contributed by atoms with Gasteiger partial charge in [0.15, 0.2) is 11.0 Å². The molecule has 0 spiro atoms. The Balaban J connectivity index is 1.61. The summed E-state index contributed by atoms with van der Waals surface area (Å²) in [5.74, 6) is 1.55. The lowest BCUT2D eigenvalue weighted by Gasteiger charge is -2.13. The van der Waals surface area contributed by atoms with Gasteiger partial charge in [0.2, 0.25) is 5.91 Å². The summed E-state index contributed by atoms with van der Waals surface area (Å²) in [5, 5.41) is 13.1. The summed E-state index contributed by atoms with van der Waals surface area (Å²) in [7, 11) is 0. The number of halogens is 1. The molecule has 0 aliphatic rings. The van der Waals surface area contributed by atoms with Crippen LogP contribution in [0.2, 0.25) is 5.02 Å². The van der Waals surface area contributed by atoms with Crippen molar-refractivity contribution in [2.45, 2.75) is 25.9 Å². The van der Waals surface area contributed by atoms with Gasteiger partial charge in [-0.3, -0.25) is 9.36 Å². The summed E-state index contributed by atoms with van der Waals surface area (Å²) in [5.41, 5.74) is 4.65. The van der Waals surface area contributed by atoms with E-state index in [9.17, 15) is 4.79 Å². The van der Waals surface area contributed by atoms with Crippen LogP contribution in [0.15, 0.2) is 71.9 Å². The summed E-state index contributed by atoms with van der Waals surface area (Å²) in [6, 6.07) is 21.1. The Bertz CT molecular complexity index is 1270. The van der Waals surface area contributed by atoms with E-state index in [4.69, 9.17) is 16.3 Å². The number of benzene rings is 3. The Labute approximate surface area is 208 Å². The monoisotopic (exact) mass is 492 g/mol. The quantitative estimate of drug-likeness (QED) is 0.291. The van der Waals surface area contributed by atoms with Crippen LogP contribution in [0.4, 0.5) is 5.69 Å². The second-order valence-corrected chi connectivity index (χ2v) is 9.06. The van der Waals surface area contributed by atoms with Crippen LogP contribution < -0.4 is 10.1 Å². The second kappa shape index (κ2) is 10.8. The van der Waals surface area contributed by atoms with Crippen molar-refractivity contribution in [1.82, 2.24) is 14.8 Å². The Morgan fingerprint density at radius 2 is 1.68 bits per heavy atom. The number of nitrogens with zero attached hydrogens (tertiary/aromatic N) is 3. The standard InChI is InChI=1S/C26H25ClN4O2S/c1-4-33-22-14-12-21(13-15-22)31-25(19-8-10-20(27)11-9-19)29-30-26(31)34-16-23(32)28-24-17(2)6-5-7-18(24)3/h5-15H,4,16H2,1-3H3,(H,28,32). The predicted molar refractivity (Wildman–Crippen MR) is 138 cm³/mol. The third-order valence-corrected chi connectivity index (χ3v) is 6.40. The van der Waals surface area contributed by atoms with E-state index < -0.39 is 0 Å². The number of aromatic nitrogens is 3. The summed E-state index contributed by atoms with van der Waals surface area (Å²) < 4.78 is 7.52. The van der Waals surface area contributed by atoms with Gasteiger partial charge in [-0.2, -0.15) is 0 Å². The Morgan fingerprint density at radius 1 is 1.00 bits per heavy atom. The average molecular weight is 493 g/mol. The molecule has 8 heteroatoms. The van der Waals surface area contributed by atoms with Gasteiger partial charge >= 0.3 is 0 Å². The van der Waals surface area contributed by atoms with Crippen LogP contribution in [0.25, 0.3) is 17.1 Å². The maximum Gasteiger partial charge on any atom is 0.234 e. The number of rotatable bonds is 8. The molecule has 1 amide bonds. The minimum Gasteiger partial charge on any atom is -0.494 e. The van der Waals surface area contributed by atoms with Crippen molar-refractivity contribution in [2.24, 2.45) is 0 Å². The molecule has 4 rings (SSSR count). The molecule has 0 aliphatic heterocycles. The number of carbonyl (C=O) groups is 1. The van der Waals surface area contributed by atoms with Crippen LogP contribution in [-0.4, -0.2) is 33.0 Å². The minimum atomic E-state index is -0.100. The fourth-order valence-electron chi connectivity index (χ4n) is 3.56. The van der Waals surface area contributed by atoms with Crippen LogP contribution in [0.5, 0.6) is 5.75 Å². The van der Waals surface area contributed by atoms with Gasteiger partial charge in [-0.05, 0) is 80.4 Å². The third kappa shape index (κ3) is 5.43. The fraction of sp³-hybridized carbons (Fsp3) is 0.192. The zero-order valence-electron chi connectivity index (χ0n) is 19.2. The maximum atomic E-state index is 12.7. The predicted octanol–water partition coefficient (Wildman–Crippen LogP) is 6.33. The average Bonchev–Trinajstić information content (AvgIpc) is 3.25. The van der Waals surface area contributed by atoms with Gasteiger partial charge in [0.05, 0.1) is 12.4 Å². The topological polar surface area (TPSA) is 69.0 Å². The molecule has 0 radical (unpaired) electrons. The highest BCUT2D eigenvalue weighted by Gasteiger charge is 2.18. The van der Waals surface area contributed by atoms with Crippen molar-refractivity contribution >= 4 is 35.0 Å². The molecule has 1 aromatic heterocycles. The number of thioether (sulfide) groups is 1. The summed E-state index contributed by atoms with van der Waals surface area (Å²) in [6.45, 7) is 6.51. The first-order chi connectivity index (χ1) is 16.5. The number of aryl methyl sites for hydroxylation is 2. The second-order valence-electron chi connectivity index (χ2n) is 7.68. The van der Waals surface area contributed by atoms with E-state index in [2.05, 4.69) is 15.5 Å². The lowest BCUT2D eigenvalue weighted by molar-refractivity contribution is -0.113. The zero-order valence-corrected chi connectivity index (χ0v) is 20.8. The van der Waals surface area contributed by atoms with Crippen LogP contribution >= 0.6 is 23.4 Å². The normalized spacial score (nSPS) is 10.8. The Kier molecular flexibility index (Phi) is 7.55. The fourth-order valence-corrected chi connectivity index (χ4v) is 4.44. The highest BCUT2D eigenvalue weighted by atomic mass is 35.5. The van der Waals surface area contributed by atoms with E-state index in [1.54, 1.807) is 0 Å². The van der Waals surface area contributed by atoms with E-state index in [1.807, 2.05) is 92.1 Å². The van der Waals surface area contributed by atoms with Gasteiger partial charge < -0.3 is 10.1 Å². The van der Waals surface area contributed by atoms with Gasteiger partial charge in [0.1, 0.15) is 5.75 Å². The van der Waals surface area contributed by atoms with Crippen molar-refractivity contribution in [3.8, 4) is 22.8 Å². The number of anilines is 1. The molecule has 0 atom stereocenters. The largest absolute Gasteiger partial charge is 0.494 e. The highest BCUT2D eigenvalue weighted by Crippen LogP contribution is 2.30. The molecule has 174 valence electrons. The van der Waals surface area contributed by atoms with Crippen molar-refractivity contribution < 1.29 is 9.53 Å². The number of ether oxygens (including phenoxy) is 1. The summed E-state index contributed by atoms with van der Waals surface area (Å²) in [4.78, 5) is 12.7. The first kappa shape index (κ1) is 23.9. The number of hydrogen-bond acceptors (Lipinski definition) is 5. The zero-order chi connectivity index (χ0) is 24.1. The van der Waals surface area contributed by atoms with Gasteiger partial charge in [-0.1, -0.05) is 41.6 Å². The van der Waals surface area contributed by atoms with Crippen molar-refractivity contribution in [1.29, 1.82) is 0 Å². The Hall–Kier alpha value is -3.29. The van der Waals surface area contributed by atoms with Crippen LogP contribution in [0, 0.1) is 13.8 Å². The molecule has 0 saturated heterocycles. The molecule has 3 aromatic carbocycles. The van der Waals surface area contributed by atoms with E-state index in [0.717, 1.165) is 33.8 Å².